The Morgan fingerprint density at radius 1 is 1.06 bits per heavy atom. The molecule has 1 aromatic heterocycles. The Morgan fingerprint density at radius 3 is 2.45 bits per heavy atom. The summed E-state index contributed by atoms with van der Waals surface area (Å²) in [5.74, 6) is -1.14. The molecule has 1 unspecified atom stereocenters. The van der Waals surface area contributed by atoms with E-state index >= 15 is 0 Å². The zero-order valence-corrected chi connectivity index (χ0v) is 28.7. The summed E-state index contributed by atoms with van der Waals surface area (Å²) in [6.07, 6.45) is 0.857. The van der Waals surface area contributed by atoms with Crippen LogP contribution in [-0.4, -0.2) is 75.6 Å². The van der Waals surface area contributed by atoms with Crippen molar-refractivity contribution >= 4 is 46.7 Å². The molecular formula is C33H40F2N3O7PS. The highest BCUT2D eigenvalue weighted by Crippen LogP contribution is 2.59. The Kier molecular flexibility index (Phi) is 9.71. The molecule has 3 aromatic rings. The van der Waals surface area contributed by atoms with Gasteiger partial charge in [-0.1, -0.05) is 50.6 Å². The molecule has 10 nitrogen and oxygen atoms in total. The smallest absolute Gasteiger partial charge is 0.370 e. The highest BCUT2D eigenvalue weighted by Gasteiger charge is 2.50. The van der Waals surface area contributed by atoms with Gasteiger partial charge in [0, 0.05) is 23.4 Å². The molecule has 3 heterocycles. The summed E-state index contributed by atoms with van der Waals surface area (Å²) in [5.41, 5.74) is -2.75. The molecule has 2 aromatic carbocycles. The van der Waals surface area contributed by atoms with Gasteiger partial charge in [0.2, 0.25) is 11.8 Å². The number of thiophene rings is 1. The summed E-state index contributed by atoms with van der Waals surface area (Å²) < 4.78 is 46.5. The van der Waals surface area contributed by atoms with Crippen molar-refractivity contribution in [2.24, 2.45) is 5.41 Å². The molecule has 3 amide bonds. The minimum Gasteiger partial charge on any atom is -0.370 e. The maximum atomic E-state index is 14.3. The number of hydrogen-bond donors (Lipinski definition) is 3. The van der Waals surface area contributed by atoms with Gasteiger partial charge in [-0.2, -0.15) is 8.78 Å². The molecule has 2 saturated heterocycles. The summed E-state index contributed by atoms with van der Waals surface area (Å²) in [6.45, 7) is 11.0. The second-order valence-corrected chi connectivity index (χ2v) is 16.1. The number of ether oxygens (including phenoxy) is 1. The first-order chi connectivity index (χ1) is 21.9. The van der Waals surface area contributed by atoms with Gasteiger partial charge in [-0.25, -0.2) is 0 Å². The van der Waals surface area contributed by atoms with Gasteiger partial charge >= 0.3 is 13.3 Å². The van der Waals surface area contributed by atoms with Gasteiger partial charge in [0.1, 0.15) is 18.2 Å². The zero-order valence-electron chi connectivity index (χ0n) is 27.0. The second kappa shape index (κ2) is 13.0. The van der Waals surface area contributed by atoms with Crippen molar-refractivity contribution < 1.29 is 42.3 Å². The van der Waals surface area contributed by atoms with E-state index in [0.29, 0.717) is 43.8 Å². The fraction of sp³-hybridized carbons (Fsp3) is 0.485. The van der Waals surface area contributed by atoms with Crippen LogP contribution in [0.2, 0.25) is 0 Å². The number of carbonyl (C=O) groups is 3. The average molecular weight is 692 g/mol. The maximum Gasteiger partial charge on any atom is 0.399 e. The lowest BCUT2D eigenvalue weighted by Gasteiger charge is -2.39. The number of hydrogen-bond acceptors (Lipinski definition) is 6. The van der Waals surface area contributed by atoms with Gasteiger partial charge in [0.25, 0.3) is 5.91 Å². The highest BCUT2D eigenvalue weighted by atomic mass is 32.1. The number of morpholine rings is 1. The number of alkyl halides is 2. The molecular weight excluding hydrogens is 651 g/mol. The lowest BCUT2D eigenvalue weighted by molar-refractivity contribution is -0.150. The van der Waals surface area contributed by atoms with Crippen LogP contribution < -0.4 is 5.32 Å². The van der Waals surface area contributed by atoms with Crippen LogP contribution in [0.4, 0.5) is 8.78 Å². The zero-order chi connectivity index (χ0) is 34.5. The quantitative estimate of drug-likeness (QED) is 0.279. The first kappa shape index (κ1) is 35.1. The Labute approximate surface area is 276 Å². The molecule has 47 heavy (non-hydrogen) atoms. The number of benzene rings is 2. The summed E-state index contributed by atoms with van der Waals surface area (Å²) in [4.78, 5) is 63.2. The minimum absolute atomic E-state index is 0.138. The molecule has 0 aliphatic carbocycles. The van der Waals surface area contributed by atoms with Crippen LogP contribution in [0, 0.1) is 19.3 Å². The SMILES string of the molecule is Cc1ccc(C2CN(C(=O)[C@@H]3CCCN3C(=O)[C@@H](NC(=O)c3cc4cc(C(F)(F)P(=O)(O)O)ccc4s3)C(C)(C)C)CCO2)c(C)c1. The van der Waals surface area contributed by atoms with Crippen LogP contribution in [0.1, 0.15) is 71.6 Å². The summed E-state index contributed by atoms with van der Waals surface area (Å²) in [7, 11) is -5.77. The third kappa shape index (κ3) is 7.15. The van der Waals surface area contributed by atoms with E-state index in [2.05, 4.69) is 11.4 Å². The van der Waals surface area contributed by atoms with Gasteiger partial charge < -0.3 is 29.6 Å². The van der Waals surface area contributed by atoms with Crippen LogP contribution in [0.25, 0.3) is 10.1 Å². The number of rotatable bonds is 7. The third-order valence-corrected chi connectivity index (χ3v) is 10.9. The van der Waals surface area contributed by atoms with E-state index in [9.17, 15) is 27.7 Å². The molecule has 3 N–H and O–H groups in total. The number of amides is 3. The molecule has 0 spiro atoms. The minimum atomic E-state index is -5.77. The van der Waals surface area contributed by atoms with Crippen molar-refractivity contribution in [3.63, 3.8) is 0 Å². The molecule has 3 atom stereocenters. The van der Waals surface area contributed by atoms with E-state index in [0.717, 1.165) is 40.2 Å². The third-order valence-electron chi connectivity index (χ3n) is 8.81. The van der Waals surface area contributed by atoms with Gasteiger partial charge in [-0.05, 0) is 66.8 Å². The van der Waals surface area contributed by atoms with Gasteiger partial charge in [-0.3, -0.25) is 18.9 Å². The van der Waals surface area contributed by atoms with Crippen molar-refractivity contribution in [2.45, 2.75) is 71.3 Å². The topological polar surface area (TPSA) is 136 Å². The Morgan fingerprint density at radius 2 is 1.79 bits per heavy atom. The Bertz CT molecular complexity index is 1750. The van der Waals surface area contributed by atoms with Crippen LogP contribution in [0.15, 0.2) is 42.5 Å². The second-order valence-electron chi connectivity index (χ2n) is 13.4. The van der Waals surface area contributed by atoms with E-state index < -0.39 is 42.2 Å². The number of carbonyl (C=O) groups excluding carboxylic acids is 3. The van der Waals surface area contributed by atoms with Crippen molar-refractivity contribution in [3.05, 3.63) is 69.6 Å². The number of nitrogens with one attached hydrogen (secondary N) is 1. The summed E-state index contributed by atoms with van der Waals surface area (Å²) in [6, 6.07) is 8.94. The van der Waals surface area contributed by atoms with Crippen LogP contribution in [0.5, 0.6) is 0 Å². The predicted molar refractivity (Wildman–Crippen MR) is 174 cm³/mol. The average Bonchev–Trinajstić information content (AvgIpc) is 3.65. The van der Waals surface area contributed by atoms with E-state index in [4.69, 9.17) is 14.5 Å². The van der Waals surface area contributed by atoms with Crippen LogP contribution >= 0.6 is 18.9 Å². The van der Waals surface area contributed by atoms with Crippen molar-refractivity contribution in [1.29, 1.82) is 0 Å². The number of nitrogens with zero attached hydrogens (tertiary/aromatic N) is 2. The van der Waals surface area contributed by atoms with Crippen LogP contribution in [0.3, 0.4) is 0 Å². The molecule has 254 valence electrons. The monoisotopic (exact) mass is 691 g/mol. The van der Waals surface area contributed by atoms with Crippen molar-refractivity contribution in [3.8, 4) is 0 Å². The predicted octanol–water partition coefficient (Wildman–Crippen LogP) is 5.48. The number of fused-ring (bicyclic) bond motifs is 1. The largest absolute Gasteiger partial charge is 0.399 e. The van der Waals surface area contributed by atoms with Crippen LogP contribution in [-0.2, 0) is 24.6 Å². The Hall–Kier alpha value is -3.22. The lowest BCUT2D eigenvalue weighted by atomic mass is 9.85. The first-order valence-corrected chi connectivity index (χ1v) is 17.9. The van der Waals surface area contributed by atoms with Gasteiger partial charge in [-0.15, -0.1) is 11.3 Å². The number of aryl methyl sites for hydroxylation is 2. The van der Waals surface area contributed by atoms with E-state index in [-0.39, 0.29) is 28.2 Å². The standard InChI is InChI=1S/C33H40F2N3O7PS/c1-19-8-10-23(20(2)15-19)25-18-37(13-14-45-25)30(40)24-7-6-12-38(24)31(41)28(32(3,4)5)36-29(39)27-17-21-16-22(9-11-26(21)47-27)33(34,35)46(42,43)44/h8-11,15-17,24-25,28H,6-7,12-14,18H2,1-5H3,(H,36,39)(H2,42,43,44)/t24-,25?,28+/m0/s1. The fourth-order valence-electron chi connectivity index (χ4n) is 6.25. The normalized spacial score (nSPS) is 20.0. The first-order valence-electron chi connectivity index (χ1n) is 15.4. The highest BCUT2D eigenvalue weighted by molar-refractivity contribution is 7.52. The van der Waals surface area contributed by atoms with E-state index in [1.54, 1.807) is 30.6 Å². The molecule has 0 saturated carbocycles. The maximum absolute atomic E-state index is 14.3. The number of likely N-dealkylation sites (tertiary alicyclic amines) is 1. The van der Waals surface area contributed by atoms with E-state index in [1.165, 1.54) is 12.1 Å². The Balaban J connectivity index is 1.32. The molecule has 0 bridgehead atoms. The molecule has 5 rings (SSSR count). The fourth-order valence-corrected chi connectivity index (χ4v) is 7.67. The number of halogens is 2. The molecule has 0 radical (unpaired) electrons. The lowest BCUT2D eigenvalue weighted by Crippen LogP contribution is -2.58. The molecule has 2 aliphatic rings. The molecule has 2 fully saturated rings. The molecule has 14 heteroatoms. The van der Waals surface area contributed by atoms with Crippen molar-refractivity contribution in [1.82, 2.24) is 15.1 Å². The summed E-state index contributed by atoms with van der Waals surface area (Å²) in [5, 5.41) is 3.03. The van der Waals surface area contributed by atoms with Gasteiger partial charge in [0.05, 0.1) is 18.0 Å². The van der Waals surface area contributed by atoms with Gasteiger partial charge in [0.15, 0.2) is 0 Å². The molecule has 2 aliphatic heterocycles. The summed E-state index contributed by atoms with van der Waals surface area (Å²) >= 11 is 1.00. The van der Waals surface area contributed by atoms with E-state index in [1.807, 2.05) is 26.0 Å². The van der Waals surface area contributed by atoms with Crippen molar-refractivity contribution in [2.75, 3.05) is 26.2 Å².